The lowest BCUT2D eigenvalue weighted by Crippen LogP contribution is -2.15. The van der Waals surface area contributed by atoms with E-state index in [0.29, 0.717) is 10.7 Å². The number of fused-ring (bicyclic) bond motifs is 1. The second-order valence-corrected chi connectivity index (χ2v) is 7.74. The summed E-state index contributed by atoms with van der Waals surface area (Å²) in [4.78, 5) is 21.9. The highest BCUT2D eigenvalue weighted by atomic mass is 32.1. The van der Waals surface area contributed by atoms with Gasteiger partial charge in [0.1, 0.15) is 11.2 Å². The van der Waals surface area contributed by atoms with Crippen molar-refractivity contribution < 1.29 is 4.79 Å². The lowest BCUT2D eigenvalue weighted by molar-refractivity contribution is 0.0963. The van der Waals surface area contributed by atoms with Crippen LogP contribution in [0.15, 0.2) is 72.1 Å². The molecule has 2 aromatic carbocycles. The van der Waals surface area contributed by atoms with E-state index in [9.17, 15) is 10.1 Å². The molecule has 4 nitrogen and oxygen atoms in total. The molecule has 0 unspecified atom stereocenters. The first-order valence-corrected chi connectivity index (χ1v) is 9.63. The lowest BCUT2D eigenvalue weighted by atomic mass is 9.99. The lowest BCUT2D eigenvalue weighted by Gasteiger charge is -2.05. The molecule has 5 heteroatoms. The molecule has 0 spiro atoms. The zero-order valence-electron chi connectivity index (χ0n) is 14.3. The molecule has 0 amide bonds. The van der Waals surface area contributed by atoms with Crippen molar-refractivity contribution in [2.45, 2.75) is 11.3 Å². The fourth-order valence-corrected chi connectivity index (χ4v) is 4.77. The number of benzene rings is 2. The number of imidazole rings is 1. The molecule has 1 aliphatic carbocycles. The first-order chi connectivity index (χ1) is 13.3. The fourth-order valence-electron chi connectivity index (χ4n) is 4.07. The minimum Gasteiger partial charge on any atom is -0.341 e. The van der Waals surface area contributed by atoms with Gasteiger partial charge in [-0.25, -0.2) is 4.98 Å². The number of aromatic amines is 1. The van der Waals surface area contributed by atoms with Crippen molar-refractivity contribution in [2.24, 2.45) is 5.92 Å². The molecule has 2 heterocycles. The second-order valence-electron chi connectivity index (χ2n) is 6.79. The number of thiophene rings is 1. The van der Waals surface area contributed by atoms with Crippen LogP contribution < -0.4 is 0 Å². The Morgan fingerprint density at radius 3 is 2.56 bits per heavy atom. The van der Waals surface area contributed by atoms with E-state index in [0.717, 1.165) is 16.6 Å². The zero-order valence-corrected chi connectivity index (χ0v) is 15.1. The van der Waals surface area contributed by atoms with Crippen LogP contribution in [0.25, 0.3) is 11.0 Å². The van der Waals surface area contributed by atoms with E-state index in [1.165, 1.54) is 11.3 Å². The molecular formula is C22H15N3OS. The first-order valence-electron chi connectivity index (χ1n) is 8.75. The number of hydrogen-bond acceptors (Lipinski definition) is 4. The van der Waals surface area contributed by atoms with Gasteiger partial charge in [0, 0.05) is 5.92 Å². The van der Waals surface area contributed by atoms with E-state index in [2.05, 4.69) is 16.0 Å². The number of ketones is 1. The van der Waals surface area contributed by atoms with Crippen LogP contribution in [0.5, 0.6) is 0 Å². The molecule has 0 saturated heterocycles. The summed E-state index contributed by atoms with van der Waals surface area (Å²) in [7, 11) is 0. The molecule has 3 atom stereocenters. The molecule has 1 aliphatic rings. The quantitative estimate of drug-likeness (QED) is 0.531. The van der Waals surface area contributed by atoms with Gasteiger partial charge >= 0.3 is 0 Å². The van der Waals surface area contributed by atoms with Gasteiger partial charge in [-0.05, 0) is 29.1 Å². The number of H-pyrrole nitrogens is 1. The van der Waals surface area contributed by atoms with Gasteiger partial charge in [0.25, 0.3) is 0 Å². The van der Waals surface area contributed by atoms with Crippen LogP contribution in [-0.2, 0) is 5.41 Å². The standard InChI is InChI=1S/C22H15N3OS/c23-13-22(21-24-15-9-4-5-10-16(15)25-21)18(14-7-2-1-3-8-14)19(22)20(26)17-11-6-12-27-17/h1-12,18-19H,(H,24,25)/t18-,19+,22-/m0/s1. The van der Waals surface area contributed by atoms with Crippen molar-refractivity contribution in [3.05, 3.63) is 88.4 Å². The van der Waals surface area contributed by atoms with Crippen LogP contribution in [0.4, 0.5) is 0 Å². The number of hydrogen-bond donors (Lipinski definition) is 1. The van der Waals surface area contributed by atoms with Crippen LogP contribution in [0.3, 0.4) is 0 Å². The average Bonchev–Trinajstić information content (AvgIpc) is 3.07. The monoisotopic (exact) mass is 369 g/mol. The Hall–Kier alpha value is -3.23. The summed E-state index contributed by atoms with van der Waals surface area (Å²) in [5.41, 5.74) is 1.71. The summed E-state index contributed by atoms with van der Waals surface area (Å²) in [5.74, 6) is -0.0567. The number of carbonyl (C=O) groups excluding carboxylic acids is 1. The van der Waals surface area contributed by atoms with Gasteiger partial charge in [-0.15, -0.1) is 11.3 Å². The van der Waals surface area contributed by atoms with Crippen LogP contribution in [-0.4, -0.2) is 15.8 Å². The van der Waals surface area contributed by atoms with Gasteiger partial charge in [-0.3, -0.25) is 4.79 Å². The number of Topliss-reactive ketones (excluding diaryl/α,β-unsaturated/α-hetero) is 1. The Balaban J connectivity index is 1.68. The summed E-state index contributed by atoms with van der Waals surface area (Å²) >= 11 is 1.42. The number of rotatable bonds is 4. The van der Waals surface area contributed by atoms with E-state index >= 15 is 0 Å². The molecule has 0 aliphatic heterocycles. The third-order valence-electron chi connectivity index (χ3n) is 5.38. The molecule has 1 fully saturated rings. The van der Waals surface area contributed by atoms with Crippen molar-refractivity contribution in [2.75, 3.05) is 0 Å². The van der Waals surface area contributed by atoms with Crippen LogP contribution >= 0.6 is 11.3 Å². The number of carbonyl (C=O) groups is 1. The SMILES string of the molecule is N#C[C@@]1(c2nc3ccccc3[nH]2)[C@@H](C(=O)c2cccs2)[C@@H]1c1ccccc1. The largest absolute Gasteiger partial charge is 0.341 e. The number of nitrogens with one attached hydrogen (secondary N) is 1. The zero-order chi connectivity index (χ0) is 18.4. The van der Waals surface area contributed by atoms with E-state index in [1.807, 2.05) is 72.1 Å². The van der Waals surface area contributed by atoms with Crippen molar-refractivity contribution in [3.8, 4) is 6.07 Å². The fraction of sp³-hybridized carbons (Fsp3) is 0.136. The maximum Gasteiger partial charge on any atom is 0.178 e. The van der Waals surface area contributed by atoms with Crippen LogP contribution in [0.1, 0.15) is 27.0 Å². The van der Waals surface area contributed by atoms with Gasteiger partial charge in [0.15, 0.2) is 5.78 Å². The summed E-state index contributed by atoms with van der Waals surface area (Å²) in [5, 5.41) is 12.1. The number of para-hydroxylation sites is 2. The Labute approximate surface area is 160 Å². The topological polar surface area (TPSA) is 69.5 Å². The summed E-state index contributed by atoms with van der Waals surface area (Å²) in [6, 6.07) is 23.7. The normalized spacial score (nSPS) is 23.8. The predicted molar refractivity (Wildman–Crippen MR) is 105 cm³/mol. The predicted octanol–water partition coefficient (Wildman–Crippen LogP) is 4.68. The third-order valence-corrected chi connectivity index (χ3v) is 6.26. The molecule has 130 valence electrons. The minimum atomic E-state index is -0.971. The highest BCUT2D eigenvalue weighted by molar-refractivity contribution is 7.12. The van der Waals surface area contributed by atoms with Gasteiger partial charge < -0.3 is 4.98 Å². The Morgan fingerprint density at radius 2 is 1.85 bits per heavy atom. The molecule has 1 N–H and O–H groups in total. The highest BCUT2D eigenvalue weighted by Crippen LogP contribution is 2.66. The minimum absolute atomic E-state index is 0.0147. The first kappa shape index (κ1) is 16.0. The summed E-state index contributed by atoms with van der Waals surface area (Å²) in [6.07, 6.45) is 0. The summed E-state index contributed by atoms with van der Waals surface area (Å²) in [6.45, 7) is 0. The Morgan fingerprint density at radius 1 is 1.07 bits per heavy atom. The molecule has 2 aromatic heterocycles. The number of aromatic nitrogens is 2. The molecule has 1 saturated carbocycles. The van der Waals surface area contributed by atoms with E-state index in [4.69, 9.17) is 0 Å². The highest BCUT2D eigenvalue weighted by Gasteiger charge is 2.72. The van der Waals surface area contributed by atoms with Crippen molar-refractivity contribution in [1.29, 1.82) is 5.26 Å². The van der Waals surface area contributed by atoms with Crippen molar-refractivity contribution in [3.63, 3.8) is 0 Å². The number of nitrogens with zero attached hydrogens (tertiary/aromatic N) is 2. The van der Waals surface area contributed by atoms with Gasteiger partial charge in [-0.2, -0.15) is 5.26 Å². The molecule has 4 aromatic rings. The Kier molecular flexibility index (Phi) is 3.49. The molecule has 0 radical (unpaired) electrons. The molecule has 27 heavy (non-hydrogen) atoms. The van der Waals surface area contributed by atoms with Crippen molar-refractivity contribution in [1.82, 2.24) is 9.97 Å². The van der Waals surface area contributed by atoms with Gasteiger partial charge in [0.05, 0.1) is 27.9 Å². The van der Waals surface area contributed by atoms with E-state index < -0.39 is 11.3 Å². The molecule has 0 bridgehead atoms. The van der Waals surface area contributed by atoms with Crippen LogP contribution in [0, 0.1) is 17.2 Å². The third kappa shape index (κ3) is 2.27. The number of nitriles is 1. The second kappa shape index (κ2) is 5.90. The van der Waals surface area contributed by atoms with Gasteiger partial charge in [-0.1, -0.05) is 48.5 Å². The van der Waals surface area contributed by atoms with Crippen molar-refractivity contribution >= 4 is 28.2 Å². The summed E-state index contributed by atoms with van der Waals surface area (Å²) < 4.78 is 0. The maximum atomic E-state index is 13.2. The Bertz CT molecular complexity index is 1140. The average molecular weight is 369 g/mol. The van der Waals surface area contributed by atoms with Gasteiger partial charge in [0.2, 0.25) is 0 Å². The maximum absolute atomic E-state index is 13.2. The van der Waals surface area contributed by atoms with E-state index in [-0.39, 0.29) is 11.7 Å². The smallest absolute Gasteiger partial charge is 0.178 e. The van der Waals surface area contributed by atoms with E-state index in [1.54, 1.807) is 0 Å². The van der Waals surface area contributed by atoms with Crippen LogP contribution in [0.2, 0.25) is 0 Å². The molecule has 5 rings (SSSR count). The molecular weight excluding hydrogens is 354 g/mol.